The van der Waals surface area contributed by atoms with Crippen LogP contribution in [0.15, 0.2) is 73.1 Å². The molecule has 0 saturated carbocycles. The minimum absolute atomic E-state index is 0.0771. The largest absolute Gasteiger partial charge is 0.493 e. The van der Waals surface area contributed by atoms with Crippen LogP contribution in [0.3, 0.4) is 0 Å². The van der Waals surface area contributed by atoms with Crippen molar-refractivity contribution in [1.82, 2.24) is 14.3 Å². The molecule has 7 heteroatoms. The Hall–Kier alpha value is -4.00. The molecule has 0 aliphatic carbocycles. The molecule has 0 fully saturated rings. The van der Waals surface area contributed by atoms with E-state index in [-0.39, 0.29) is 5.91 Å². The molecule has 0 spiro atoms. The lowest BCUT2D eigenvalue weighted by Gasteiger charge is -2.18. The smallest absolute Gasteiger partial charge is 0.253 e. The Labute approximate surface area is 186 Å². The number of methoxy groups -OCH3 is 2. The fourth-order valence-corrected chi connectivity index (χ4v) is 3.45. The molecule has 0 saturated heterocycles. The summed E-state index contributed by atoms with van der Waals surface area (Å²) in [5.74, 6) is 1.90. The molecule has 2 aromatic carbocycles. The van der Waals surface area contributed by atoms with Crippen molar-refractivity contribution in [2.24, 2.45) is 0 Å². The van der Waals surface area contributed by atoms with Gasteiger partial charge in [-0.25, -0.2) is 4.98 Å². The molecule has 1 amide bonds. The molecule has 4 aromatic rings. The van der Waals surface area contributed by atoms with Crippen molar-refractivity contribution in [3.8, 4) is 17.2 Å². The highest BCUT2D eigenvalue weighted by Crippen LogP contribution is 2.28. The van der Waals surface area contributed by atoms with E-state index in [1.165, 1.54) is 0 Å². The van der Waals surface area contributed by atoms with Gasteiger partial charge in [0.15, 0.2) is 11.5 Å². The standard InChI is InChI=1S/C25H25N3O4/c1-27(15-18-7-12-22(30-2)23(14-18)31-3)25(29)19-8-10-21(11-9-19)32-17-20-16-28-13-5-4-6-24(28)26-20/h4-14,16H,15,17H2,1-3H3. The summed E-state index contributed by atoms with van der Waals surface area (Å²) in [5.41, 5.74) is 3.26. The van der Waals surface area contributed by atoms with Crippen LogP contribution in [0.1, 0.15) is 21.6 Å². The van der Waals surface area contributed by atoms with Crippen molar-refractivity contribution in [1.29, 1.82) is 0 Å². The summed E-state index contributed by atoms with van der Waals surface area (Å²) >= 11 is 0. The summed E-state index contributed by atoms with van der Waals surface area (Å²) in [7, 11) is 4.96. The first-order valence-corrected chi connectivity index (χ1v) is 10.2. The maximum Gasteiger partial charge on any atom is 0.253 e. The fourth-order valence-electron chi connectivity index (χ4n) is 3.45. The molecule has 0 bridgehead atoms. The number of fused-ring (bicyclic) bond motifs is 1. The highest BCUT2D eigenvalue weighted by molar-refractivity contribution is 5.94. The van der Waals surface area contributed by atoms with E-state index in [2.05, 4.69) is 4.98 Å². The molecule has 0 aliphatic heterocycles. The average Bonchev–Trinajstić information content (AvgIpc) is 3.25. The molecule has 0 atom stereocenters. The Morgan fingerprint density at radius 1 is 1.00 bits per heavy atom. The number of hydrogen-bond donors (Lipinski definition) is 0. The molecule has 0 radical (unpaired) electrons. The molecule has 164 valence electrons. The van der Waals surface area contributed by atoms with Crippen LogP contribution in [0, 0.1) is 0 Å². The zero-order valence-corrected chi connectivity index (χ0v) is 18.3. The maximum absolute atomic E-state index is 12.8. The van der Waals surface area contributed by atoms with Crippen molar-refractivity contribution < 1.29 is 19.0 Å². The Morgan fingerprint density at radius 3 is 2.50 bits per heavy atom. The van der Waals surface area contributed by atoms with Gasteiger partial charge in [0.2, 0.25) is 0 Å². The maximum atomic E-state index is 12.8. The Bertz CT molecular complexity index is 1180. The van der Waals surface area contributed by atoms with E-state index in [0.29, 0.717) is 36.0 Å². The van der Waals surface area contributed by atoms with E-state index in [9.17, 15) is 4.79 Å². The number of hydrogen-bond acceptors (Lipinski definition) is 5. The van der Waals surface area contributed by atoms with Gasteiger partial charge in [-0.15, -0.1) is 0 Å². The molecule has 7 nitrogen and oxygen atoms in total. The monoisotopic (exact) mass is 431 g/mol. The lowest BCUT2D eigenvalue weighted by atomic mass is 10.1. The lowest BCUT2D eigenvalue weighted by Crippen LogP contribution is -2.26. The average molecular weight is 431 g/mol. The number of rotatable bonds is 8. The van der Waals surface area contributed by atoms with E-state index in [4.69, 9.17) is 14.2 Å². The van der Waals surface area contributed by atoms with Gasteiger partial charge in [-0.1, -0.05) is 12.1 Å². The Kier molecular flexibility index (Phi) is 6.26. The molecule has 0 unspecified atom stereocenters. The number of benzene rings is 2. The van der Waals surface area contributed by atoms with E-state index in [1.54, 1.807) is 50.4 Å². The second kappa shape index (κ2) is 9.43. The highest BCUT2D eigenvalue weighted by Gasteiger charge is 2.14. The van der Waals surface area contributed by atoms with Crippen LogP contribution in [0.4, 0.5) is 0 Å². The van der Waals surface area contributed by atoms with Crippen molar-refractivity contribution in [3.63, 3.8) is 0 Å². The normalized spacial score (nSPS) is 10.7. The van der Waals surface area contributed by atoms with Gasteiger partial charge < -0.3 is 23.5 Å². The van der Waals surface area contributed by atoms with Gasteiger partial charge in [-0.05, 0) is 54.1 Å². The first-order valence-electron chi connectivity index (χ1n) is 10.2. The fraction of sp³-hybridized carbons (Fsp3) is 0.200. The van der Waals surface area contributed by atoms with Crippen LogP contribution in [0.2, 0.25) is 0 Å². The number of nitrogens with zero attached hydrogens (tertiary/aromatic N) is 3. The third-order valence-corrected chi connectivity index (χ3v) is 5.12. The first kappa shape index (κ1) is 21.2. The van der Waals surface area contributed by atoms with Crippen LogP contribution in [0.5, 0.6) is 17.2 Å². The van der Waals surface area contributed by atoms with E-state index in [0.717, 1.165) is 16.9 Å². The number of carbonyl (C=O) groups excluding carboxylic acids is 1. The van der Waals surface area contributed by atoms with Gasteiger partial charge >= 0.3 is 0 Å². The molecule has 0 N–H and O–H groups in total. The number of imidazole rings is 1. The summed E-state index contributed by atoms with van der Waals surface area (Å²) in [6.45, 7) is 0.805. The van der Waals surface area contributed by atoms with Gasteiger partial charge in [-0.3, -0.25) is 4.79 Å². The predicted molar refractivity (Wildman–Crippen MR) is 121 cm³/mol. The summed E-state index contributed by atoms with van der Waals surface area (Å²) in [6, 6.07) is 18.6. The van der Waals surface area contributed by atoms with E-state index < -0.39 is 0 Å². The third kappa shape index (κ3) is 4.67. The van der Waals surface area contributed by atoms with Crippen molar-refractivity contribution in [2.75, 3.05) is 21.3 Å². The van der Waals surface area contributed by atoms with Crippen LogP contribution >= 0.6 is 0 Å². The van der Waals surface area contributed by atoms with Gasteiger partial charge in [0.1, 0.15) is 18.0 Å². The minimum Gasteiger partial charge on any atom is -0.493 e. The number of aromatic nitrogens is 2. The zero-order valence-electron chi connectivity index (χ0n) is 18.3. The number of ether oxygens (including phenoxy) is 3. The molecule has 32 heavy (non-hydrogen) atoms. The highest BCUT2D eigenvalue weighted by atomic mass is 16.5. The Balaban J connectivity index is 1.36. The summed E-state index contributed by atoms with van der Waals surface area (Å²) < 4.78 is 18.4. The molecule has 2 heterocycles. The number of carbonyl (C=O) groups is 1. The molecular weight excluding hydrogens is 406 g/mol. The molecule has 4 rings (SSSR count). The van der Waals surface area contributed by atoms with Crippen LogP contribution in [-0.2, 0) is 13.2 Å². The van der Waals surface area contributed by atoms with Gasteiger partial charge in [0.05, 0.1) is 19.9 Å². The van der Waals surface area contributed by atoms with Crippen LogP contribution in [0.25, 0.3) is 5.65 Å². The van der Waals surface area contributed by atoms with Crippen molar-refractivity contribution in [3.05, 3.63) is 89.9 Å². The lowest BCUT2D eigenvalue weighted by molar-refractivity contribution is 0.0785. The van der Waals surface area contributed by atoms with E-state index in [1.807, 2.05) is 53.2 Å². The predicted octanol–water partition coefficient (Wildman–Crippen LogP) is 4.20. The second-order valence-corrected chi connectivity index (χ2v) is 7.36. The Morgan fingerprint density at radius 2 is 1.78 bits per heavy atom. The molecular formula is C25H25N3O4. The first-order chi connectivity index (χ1) is 15.6. The molecule has 0 aliphatic rings. The van der Waals surface area contributed by atoms with Crippen molar-refractivity contribution >= 4 is 11.6 Å². The zero-order chi connectivity index (χ0) is 22.5. The van der Waals surface area contributed by atoms with E-state index >= 15 is 0 Å². The second-order valence-electron chi connectivity index (χ2n) is 7.36. The summed E-state index contributed by atoms with van der Waals surface area (Å²) in [4.78, 5) is 19.0. The quantitative estimate of drug-likeness (QED) is 0.418. The molecule has 2 aromatic heterocycles. The van der Waals surface area contributed by atoms with Gasteiger partial charge in [-0.2, -0.15) is 0 Å². The van der Waals surface area contributed by atoms with Crippen LogP contribution in [-0.4, -0.2) is 41.5 Å². The summed E-state index contributed by atoms with van der Waals surface area (Å²) in [5, 5.41) is 0. The van der Waals surface area contributed by atoms with Gasteiger partial charge in [0.25, 0.3) is 5.91 Å². The minimum atomic E-state index is -0.0771. The van der Waals surface area contributed by atoms with Gasteiger partial charge in [0, 0.05) is 31.5 Å². The number of amides is 1. The topological polar surface area (TPSA) is 65.3 Å². The SMILES string of the molecule is COc1ccc(CN(C)C(=O)c2ccc(OCc3cn4ccccc4n3)cc2)cc1OC. The summed E-state index contributed by atoms with van der Waals surface area (Å²) in [6.07, 6.45) is 3.89. The third-order valence-electron chi connectivity index (χ3n) is 5.12. The van der Waals surface area contributed by atoms with Crippen LogP contribution < -0.4 is 14.2 Å². The van der Waals surface area contributed by atoms with Crippen molar-refractivity contribution in [2.45, 2.75) is 13.2 Å². The number of pyridine rings is 1.